The topological polar surface area (TPSA) is 66.9 Å². The molecule has 16 heavy (non-hydrogen) atoms. The highest BCUT2D eigenvalue weighted by Crippen LogP contribution is 2.18. The third kappa shape index (κ3) is 1.90. The molecule has 0 amide bonds. The molecule has 0 radical (unpaired) electrons. The van der Waals surface area contributed by atoms with E-state index in [9.17, 15) is 4.79 Å². The van der Waals surface area contributed by atoms with Crippen LogP contribution in [0, 0.1) is 11.3 Å². The van der Waals surface area contributed by atoms with Gasteiger partial charge in [-0.2, -0.15) is 5.26 Å². The number of hydrogen-bond acceptors (Lipinski definition) is 4. The summed E-state index contributed by atoms with van der Waals surface area (Å²) in [6.07, 6.45) is 0.119. The van der Waals surface area contributed by atoms with Crippen molar-refractivity contribution in [1.29, 1.82) is 5.26 Å². The van der Waals surface area contributed by atoms with E-state index in [0.717, 1.165) is 0 Å². The molecule has 2 aromatic rings. The molecule has 0 fully saturated rings. The van der Waals surface area contributed by atoms with Crippen LogP contribution in [-0.2, 0) is 6.42 Å². The van der Waals surface area contributed by atoms with Gasteiger partial charge in [-0.25, -0.2) is 4.98 Å². The Morgan fingerprint density at radius 2 is 2.38 bits per heavy atom. The highest BCUT2D eigenvalue weighted by molar-refractivity contribution is 6.30. The number of nitrogens with zero attached hydrogens (tertiary/aromatic N) is 2. The Kier molecular flexibility index (Phi) is 2.88. The van der Waals surface area contributed by atoms with Crippen molar-refractivity contribution in [3.8, 4) is 6.07 Å². The number of Topliss-reactive ketones (excluding diaryl/α,β-unsaturated/α-hetero) is 1. The molecule has 1 aromatic carbocycles. The number of aromatic nitrogens is 1. The van der Waals surface area contributed by atoms with Crippen LogP contribution in [-0.4, -0.2) is 16.6 Å². The summed E-state index contributed by atoms with van der Waals surface area (Å²) in [6, 6.07) is 6.87. The minimum absolute atomic E-state index is 0.0648. The van der Waals surface area contributed by atoms with E-state index in [1.807, 2.05) is 6.07 Å². The molecule has 0 N–H and O–H groups in total. The highest BCUT2D eigenvalue weighted by Gasteiger charge is 2.09. The van der Waals surface area contributed by atoms with Gasteiger partial charge in [0.05, 0.1) is 11.9 Å². The summed E-state index contributed by atoms with van der Waals surface area (Å²) in [5.74, 6) is 0.125. The van der Waals surface area contributed by atoms with Crippen molar-refractivity contribution < 1.29 is 9.21 Å². The van der Waals surface area contributed by atoms with Crippen molar-refractivity contribution in [3.05, 3.63) is 29.7 Å². The summed E-state index contributed by atoms with van der Waals surface area (Å²) in [6.45, 7) is 0. The summed E-state index contributed by atoms with van der Waals surface area (Å²) in [7, 11) is 0. The summed E-state index contributed by atoms with van der Waals surface area (Å²) in [5, 5.41) is 8.50. The molecular weight excluding hydrogens is 228 g/mol. The number of alkyl halides is 1. The highest BCUT2D eigenvalue weighted by atomic mass is 35.5. The van der Waals surface area contributed by atoms with Crippen LogP contribution in [0.3, 0.4) is 0 Å². The molecule has 0 aliphatic heterocycles. The Bertz CT molecular complexity index is 583. The van der Waals surface area contributed by atoms with Crippen LogP contribution in [0.5, 0.6) is 0 Å². The second kappa shape index (κ2) is 4.33. The van der Waals surface area contributed by atoms with Gasteiger partial charge in [0.1, 0.15) is 11.9 Å². The number of fused-ring (bicyclic) bond motifs is 1. The van der Waals surface area contributed by atoms with Crippen molar-refractivity contribution in [2.45, 2.75) is 6.42 Å². The van der Waals surface area contributed by atoms with Gasteiger partial charge in [0, 0.05) is 5.56 Å². The molecule has 0 bridgehead atoms. The number of hydrogen-bond donors (Lipinski definition) is 0. The molecule has 0 spiro atoms. The molecule has 0 saturated carbocycles. The van der Waals surface area contributed by atoms with Crippen LogP contribution < -0.4 is 0 Å². The van der Waals surface area contributed by atoms with Crippen LogP contribution >= 0.6 is 11.6 Å². The zero-order valence-corrected chi connectivity index (χ0v) is 8.99. The Labute approximate surface area is 96.4 Å². The number of oxazole rings is 1. The van der Waals surface area contributed by atoms with Gasteiger partial charge in [-0.1, -0.05) is 0 Å². The normalized spacial score (nSPS) is 10.2. The monoisotopic (exact) mass is 234 g/mol. The average molecular weight is 235 g/mol. The van der Waals surface area contributed by atoms with E-state index >= 15 is 0 Å². The first-order valence-corrected chi connectivity index (χ1v) is 5.13. The molecule has 4 nitrogen and oxygen atoms in total. The van der Waals surface area contributed by atoms with Crippen LogP contribution in [0.15, 0.2) is 22.6 Å². The average Bonchev–Trinajstić information content (AvgIpc) is 2.69. The number of rotatable bonds is 3. The zero-order chi connectivity index (χ0) is 11.5. The number of halogens is 1. The van der Waals surface area contributed by atoms with Crippen molar-refractivity contribution >= 4 is 28.5 Å². The number of ketones is 1. The van der Waals surface area contributed by atoms with Gasteiger partial charge in [0.15, 0.2) is 11.4 Å². The molecule has 0 atom stereocenters. The fourth-order valence-corrected chi connectivity index (χ4v) is 1.52. The second-order valence-electron chi connectivity index (χ2n) is 3.18. The molecule has 0 aliphatic carbocycles. The second-order valence-corrected chi connectivity index (χ2v) is 3.45. The summed E-state index contributed by atoms with van der Waals surface area (Å²) >= 11 is 5.45. The first-order chi connectivity index (χ1) is 7.74. The molecule has 1 heterocycles. The predicted molar refractivity (Wildman–Crippen MR) is 58.4 cm³/mol. The largest absolute Gasteiger partial charge is 0.440 e. The van der Waals surface area contributed by atoms with Crippen molar-refractivity contribution in [3.63, 3.8) is 0 Å². The standard InChI is InChI=1S/C11H7ClN2O2/c12-6-9(15)7-1-2-8-10(5-7)16-11(14-8)3-4-13/h1-2,5H,3,6H2. The number of carbonyl (C=O) groups is 1. The maximum atomic E-state index is 11.3. The minimum atomic E-state index is -0.165. The van der Waals surface area contributed by atoms with Gasteiger partial charge in [-0.3, -0.25) is 4.79 Å². The lowest BCUT2D eigenvalue weighted by molar-refractivity contribution is 0.102. The van der Waals surface area contributed by atoms with E-state index in [0.29, 0.717) is 22.6 Å². The van der Waals surface area contributed by atoms with Gasteiger partial charge >= 0.3 is 0 Å². The van der Waals surface area contributed by atoms with Gasteiger partial charge in [0.2, 0.25) is 5.89 Å². The number of benzene rings is 1. The Morgan fingerprint density at radius 3 is 3.06 bits per heavy atom. The molecule has 5 heteroatoms. The van der Waals surface area contributed by atoms with E-state index < -0.39 is 0 Å². The van der Waals surface area contributed by atoms with Crippen molar-refractivity contribution in [2.24, 2.45) is 0 Å². The minimum Gasteiger partial charge on any atom is -0.440 e. The maximum Gasteiger partial charge on any atom is 0.209 e. The molecule has 80 valence electrons. The Hall–Kier alpha value is -1.86. The molecule has 2 rings (SSSR count). The fourth-order valence-electron chi connectivity index (χ4n) is 1.37. The zero-order valence-electron chi connectivity index (χ0n) is 8.24. The lowest BCUT2D eigenvalue weighted by atomic mass is 10.1. The first-order valence-electron chi connectivity index (χ1n) is 4.60. The van der Waals surface area contributed by atoms with Gasteiger partial charge < -0.3 is 4.42 Å². The van der Waals surface area contributed by atoms with E-state index in [1.54, 1.807) is 18.2 Å². The van der Waals surface area contributed by atoms with E-state index in [2.05, 4.69) is 4.98 Å². The third-order valence-electron chi connectivity index (χ3n) is 2.11. The maximum absolute atomic E-state index is 11.3. The predicted octanol–water partition coefficient (Wildman–Crippen LogP) is 2.32. The van der Waals surface area contributed by atoms with Crippen LogP contribution in [0.25, 0.3) is 11.1 Å². The molecular formula is C11H7ClN2O2. The SMILES string of the molecule is N#CCc1nc2ccc(C(=O)CCl)cc2o1. The number of carbonyl (C=O) groups excluding carboxylic acids is 1. The van der Waals surface area contributed by atoms with Crippen LogP contribution in [0.4, 0.5) is 0 Å². The van der Waals surface area contributed by atoms with Gasteiger partial charge in [-0.05, 0) is 18.2 Å². The van der Waals surface area contributed by atoms with E-state index in [-0.39, 0.29) is 18.1 Å². The summed E-state index contributed by atoms with van der Waals surface area (Å²) in [4.78, 5) is 15.4. The first kappa shape index (κ1) is 10.7. The Morgan fingerprint density at radius 1 is 1.56 bits per heavy atom. The lowest BCUT2D eigenvalue weighted by Crippen LogP contribution is -1.99. The smallest absolute Gasteiger partial charge is 0.209 e. The van der Waals surface area contributed by atoms with E-state index in [1.165, 1.54) is 0 Å². The molecule has 0 aliphatic rings. The molecule has 0 unspecified atom stereocenters. The summed E-state index contributed by atoms with van der Waals surface area (Å²) < 4.78 is 5.31. The van der Waals surface area contributed by atoms with E-state index in [4.69, 9.17) is 21.3 Å². The van der Waals surface area contributed by atoms with Crippen molar-refractivity contribution in [2.75, 3.05) is 5.88 Å². The number of nitriles is 1. The fraction of sp³-hybridized carbons (Fsp3) is 0.182. The van der Waals surface area contributed by atoms with Gasteiger partial charge in [0.25, 0.3) is 0 Å². The van der Waals surface area contributed by atoms with Gasteiger partial charge in [-0.15, -0.1) is 11.6 Å². The molecule has 0 saturated heterocycles. The van der Waals surface area contributed by atoms with Crippen molar-refractivity contribution in [1.82, 2.24) is 4.98 Å². The lowest BCUT2D eigenvalue weighted by Gasteiger charge is -1.94. The Balaban J connectivity index is 2.46. The van der Waals surface area contributed by atoms with Crippen LogP contribution in [0.1, 0.15) is 16.2 Å². The quantitative estimate of drug-likeness (QED) is 0.604. The third-order valence-corrected chi connectivity index (χ3v) is 2.35. The molecule has 1 aromatic heterocycles. The summed E-state index contributed by atoms with van der Waals surface area (Å²) in [5.41, 5.74) is 1.62. The van der Waals surface area contributed by atoms with Crippen LogP contribution in [0.2, 0.25) is 0 Å².